The van der Waals surface area contributed by atoms with Gasteiger partial charge in [0, 0.05) is 18.0 Å². The number of nitrogens with one attached hydrogen (secondary N) is 1. The molecular formula is C17H19N3O. The average Bonchev–Trinajstić information content (AvgIpc) is 3.16. The van der Waals surface area contributed by atoms with E-state index in [2.05, 4.69) is 33.9 Å². The molecule has 0 aliphatic rings. The molecule has 0 fully saturated rings. The molecule has 0 aliphatic carbocycles. The van der Waals surface area contributed by atoms with Crippen molar-refractivity contribution in [1.82, 2.24) is 14.9 Å². The highest BCUT2D eigenvalue weighted by Crippen LogP contribution is 2.19. The molecule has 0 saturated carbocycles. The Balaban J connectivity index is 1.77. The molecule has 0 bridgehead atoms. The van der Waals surface area contributed by atoms with E-state index in [1.54, 1.807) is 0 Å². The summed E-state index contributed by atoms with van der Waals surface area (Å²) >= 11 is 0. The molecule has 4 heteroatoms. The fourth-order valence-electron chi connectivity index (χ4n) is 2.30. The summed E-state index contributed by atoms with van der Waals surface area (Å²) in [5.74, 6) is 2.87. The lowest BCUT2D eigenvalue weighted by molar-refractivity contribution is 0.440. The molecule has 0 unspecified atom stereocenters. The Kier molecular flexibility index (Phi) is 4.17. The van der Waals surface area contributed by atoms with Gasteiger partial charge in [0.05, 0.1) is 13.1 Å². The molecule has 4 nitrogen and oxygen atoms in total. The van der Waals surface area contributed by atoms with E-state index in [0.717, 1.165) is 36.0 Å². The Morgan fingerprint density at radius 2 is 1.90 bits per heavy atom. The summed E-state index contributed by atoms with van der Waals surface area (Å²) in [7, 11) is 0. The third-order valence-electron chi connectivity index (χ3n) is 3.34. The number of benzene rings is 1. The van der Waals surface area contributed by atoms with Crippen LogP contribution in [0.5, 0.6) is 0 Å². The number of furan rings is 1. The van der Waals surface area contributed by atoms with Crippen molar-refractivity contribution in [2.24, 2.45) is 0 Å². The Bertz CT molecular complexity index is 685. The Hall–Kier alpha value is -2.33. The van der Waals surface area contributed by atoms with Gasteiger partial charge in [-0.1, -0.05) is 37.3 Å². The standard InChI is InChI=1S/C17H19N3O/c1-2-18-12-15-8-9-16(21-15)13-20-11-10-19-17(20)14-6-4-3-5-7-14/h3-11,18H,2,12-13H2,1H3. The smallest absolute Gasteiger partial charge is 0.140 e. The first-order chi connectivity index (χ1) is 10.4. The molecule has 3 aromatic rings. The maximum absolute atomic E-state index is 5.84. The van der Waals surface area contributed by atoms with Crippen LogP contribution in [-0.2, 0) is 13.1 Å². The minimum Gasteiger partial charge on any atom is -0.463 e. The van der Waals surface area contributed by atoms with E-state index in [-0.39, 0.29) is 0 Å². The van der Waals surface area contributed by atoms with Gasteiger partial charge >= 0.3 is 0 Å². The number of imidazole rings is 1. The molecule has 108 valence electrons. The average molecular weight is 281 g/mol. The molecule has 0 radical (unpaired) electrons. The molecule has 0 aliphatic heterocycles. The van der Waals surface area contributed by atoms with Gasteiger partial charge in [0.1, 0.15) is 17.3 Å². The predicted molar refractivity (Wildman–Crippen MR) is 82.9 cm³/mol. The van der Waals surface area contributed by atoms with Gasteiger partial charge in [-0.25, -0.2) is 4.98 Å². The van der Waals surface area contributed by atoms with Crippen LogP contribution in [0.2, 0.25) is 0 Å². The molecule has 1 aromatic carbocycles. The zero-order valence-electron chi connectivity index (χ0n) is 12.1. The molecule has 0 saturated heterocycles. The summed E-state index contributed by atoms with van der Waals surface area (Å²) in [6.45, 7) is 4.49. The Labute approximate surface area is 124 Å². The second-order valence-electron chi connectivity index (χ2n) is 4.89. The van der Waals surface area contributed by atoms with Crippen molar-refractivity contribution in [2.45, 2.75) is 20.0 Å². The summed E-state index contributed by atoms with van der Waals surface area (Å²) in [6, 6.07) is 14.2. The molecule has 21 heavy (non-hydrogen) atoms. The second-order valence-corrected chi connectivity index (χ2v) is 4.89. The Morgan fingerprint density at radius 1 is 1.10 bits per heavy atom. The van der Waals surface area contributed by atoms with Crippen LogP contribution >= 0.6 is 0 Å². The maximum atomic E-state index is 5.84. The van der Waals surface area contributed by atoms with E-state index >= 15 is 0 Å². The topological polar surface area (TPSA) is 43.0 Å². The SMILES string of the molecule is CCNCc1ccc(Cn2ccnc2-c2ccccc2)o1. The van der Waals surface area contributed by atoms with Crippen molar-refractivity contribution in [1.29, 1.82) is 0 Å². The quantitative estimate of drug-likeness (QED) is 0.754. The van der Waals surface area contributed by atoms with E-state index in [4.69, 9.17) is 4.42 Å². The van der Waals surface area contributed by atoms with Crippen LogP contribution in [0.15, 0.2) is 59.3 Å². The van der Waals surface area contributed by atoms with Crippen LogP contribution in [0.1, 0.15) is 18.4 Å². The fourth-order valence-corrected chi connectivity index (χ4v) is 2.30. The zero-order chi connectivity index (χ0) is 14.5. The highest BCUT2D eigenvalue weighted by Gasteiger charge is 2.08. The molecule has 0 amide bonds. The molecule has 2 aromatic heterocycles. The van der Waals surface area contributed by atoms with Gasteiger partial charge in [-0.05, 0) is 18.7 Å². The van der Waals surface area contributed by atoms with Crippen molar-refractivity contribution in [3.05, 3.63) is 66.4 Å². The normalized spacial score (nSPS) is 10.9. The largest absolute Gasteiger partial charge is 0.463 e. The van der Waals surface area contributed by atoms with E-state index in [1.165, 1.54) is 0 Å². The van der Waals surface area contributed by atoms with Gasteiger partial charge in [0.15, 0.2) is 0 Å². The minimum absolute atomic E-state index is 0.691. The van der Waals surface area contributed by atoms with Crippen LogP contribution in [0.25, 0.3) is 11.4 Å². The van der Waals surface area contributed by atoms with Crippen molar-refractivity contribution >= 4 is 0 Å². The van der Waals surface area contributed by atoms with Gasteiger partial charge in [0.2, 0.25) is 0 Å². The Morgan fingerprint density at radius 3 is 2.71 bits per heavy atom. The first-order valence-electron chi connectivity index (χ1n) is 7.21. The monoisotopic (exact) mass is 281 g/mol. The van der Waals surface area contributed by atoms with Crippen LogP contribution in [0.4, 0.5) is 0 Å². The van der Waals surface area contributed by atoms with Gasteiger partial charge in [-0.2, -0.15) is 0 Å². The highest BCUT2D eigenvalue weighted by atomic mass is 16.3. The summed E-state index contributed by atoms with van der Waals surface area (Å²) in [4.78, 5) is 4.45. The molecule has 2 heterocycles. The van der Waals surface area contributed by atoms with E-state index in [0.29, 0.717) is 6.54 Å². The third-order valence-corrected chi connectivity index (χ3v) is 3.34. The summed E-state index contributed by atoms with van der Waals surface area (Å²) in [6.07, 6.45) is 3.81. The number of rotatable bonds is 6. The van der Waals surface area contributed by atoms with Crippen LogP contribution in [0.3, 0.4) is 0 Å². The summed E-state index contributed by atoms with van der Waals surface area (Å²) < 4.78 is 7.94. The lowest BCUT2D eigenvalue weighted by atomic mass is 10.2. The van der Waals surface area contributed by atoms with Crippen molar-refractivity contribution in [2.75, 3.05) is 6.54 Å². The van der Waals surface area contributed by atoms with E-state index in [1.807, 2.05) is 42.7 Å². The lowest BCUT2D eigenvalue weighted by Gasteiger charge is -2.06. The zero-order valence-corrected chi connectivity index (χ0v) is 12.1. The predicted octanol–water partition coefficient (Wildman–Crippen LogP) is 3.30. The van der Waals surface area contributed by atoms with Crippen LogP contribution in [0, 0.1) is 0 Å². The van der Waals surface area contributed by atoms with Gasteiger partial charge in [-0.15, -0.1) is 0 Å². The number of hydrogen-bond donors (Lipinski definition) is 1. The first kappa shape index (κ1) is 13.6. The number of hydrogen-bond acceptors (Lipinski definition) is 3. The number of nitrogens with zero attached hydrogens (tertiary/aromatic N) is 2. The molecule has 3 rings (SSSR count). The first-order valence-corrected chi connectivity index (χ1v) is 7.21. The minimum atomic E-state index is 0.691. The van der Waals surface area contributed by atoms with Gasteiger partial charge < -0.3 is 14.3 Å². The molecule has 1 N–H and O–H groups in total. The van der Waals surface area contributed by atoms with Crippen molar-refractivity contribution in [3.8, 4) is 11.4 Å². The van der Waals surface area contributed by atoms with Crippen molar-refractivity contribution in [3.63, 3.8) is 0 Å². The van der Waals surface area contributed by atoms with E-state index in [9.17, 15) is 0 Å². The van der Waals surface area contributed by atoms with Crippen LogP contribution in [-0.4, -0.2) is 16.1 Å². The maximum Gasteiger partial charge on any atom is 0.140 e. The van der Waals surface area contributed by atoms with Crippen LogP contribution < -0.4 is 5.32 Å². The van der Waals surface area contributed by atoms with E-state index < -0.39 is 0 Å². The van der Waals surface area contributed by atoms with Gasteiger partial charge in [0.25, 0.3) is 0 Å². The second kappa shape index (κ2) is 6.41. The molecule has 0 atom stereocenters. The number of aromatic nitrogens is 2. The highest BCUT2D eigenvalue weighted by molar-refractivity contribution is 5.55. The summed E-state index contributed by atoms with van der Waals surface area (Å²) in [5.41, 5.74) is 1.11. The van der Waals surface area contributed by atoms with Crippen molar-refractivity contribution < 1.29 is 4.42 Å². The molecule has 0 spiro atoms. The third kappa shape index (κ3) is 3.23. The lowest BCUT2D eigenvalue weighted by Crippen LogP contribution is -2.10. The molecular weight excluding hydrogens is 262 g/mol. The van der Waals surface area contributed by atoms with Gasteiger partial charge in [-0.3, -0.25) is 0 Å². The summed E-state index contributed by atoms with van der Waals surface area (Å²) in [5, 5.41) is 3.26. The fraction of sp³-hybridized carbons (Fsp3) is 0.235.